The molecule has 2 N–H and O–H groups in total. The Labute approximate surface area is 139 Å². The molecule has 2 aliphatic heterocycles. The molecule has 4 rings (SSSR count). The van der Waals surface area contributed by atoms with Crippen molar-refractivity contribution in [2.45, 2.75) is 18.8 Å². The highest BCUT2D eigenvalue weighted by Crippen LogP contribution is 2.37. The van der Waals surface area contributed by atoms with Crippen LogP contribution in [0.4, 0.5) is 5.95 Å². The fraction of sp³-hybridized carbons (Fsp3) is 0.353. The number of hydrogen-bond acceptors (Lipinski definition) is 6. The van der Waals surface area contributed by atoms with Crippen molar-refractivity contribution in [3.63, 3.8) is 0 Å². The van der Waals surface area contributed by atoms with Gasteiger partial charge < -0.3 is 20.1 Å². The summed E-state index contributed by atoms with van der Waals surface area (Å²) >= 11 is 0. The minimum atomic E-state index is -0.0379. The number of aromatic nitrogens is 2. The van der Waals surface area contributed by atoms with Crippen LogP contribution in [0.15, 0.2) is 30.5 Å². The van der Waals surface area contributed by atoms with E-state index < -0.39 is 0 Å². The maximum atomic E-state index is 12.9. The summed E-state index contributed by atoms with van der Waals surface area (Å²) in [6.07, 6.45) is 3.56. The molecule has 1 atom stereocenters. The summed E-state index contributed by atoms with van der Waals surface area (Å²) in [5.41, 5.74) is 7.11. The summed E-state index contributed by atoms with van der Waals surface area (Å²) in [6.45, 7) is 1.49. The standard InChI is InChI=1S/C17H18N4O3/c18-17-19-7-6-13(20-17)11-3-2-8-21(9-11)16(22)12-4-1-5-14-15(12)24-10-23-14/h1,4-7,11H,2-3,8-10H2,(H2,18,19,20). The highest BCUT2D eigenvalue weighted by molar-refractivity contribution is 5.98. The fourth-order valence-electron chi connectivity index (χ4n) is 3.29. The van der Waals surface area contributed by atoms with Gasteiger partial charge in [-0.15, -0.1) is 0 Å². The molecule has 7 heteroatoms. The molecule has 0 radical (unpaired) electrons. The number of nitrogen functional groups attached to an aromatic ring is 1. The van der Waals surface area contributed by atoms with Gasteiger partial charge >= 0.3 is 0 Å². The summed E-state index contributed by atoms with van der Waals surface area (Å²) in [4.78, 5) is 23.0. The van der Waals surface area contributed by atoms with Gasteiger partial charge in [-0.25, -0.2) is 9.97 Å². The van der Waals surface area contributed by atoms with Crippen LogP contribution in [0.5, 0.6) is 11.5 Å². The lowest BCUT2D eigenvalue weighted by Gasteiger charge is -2.32. The Bertz CT molecular complexity index is 780. The summed E-state index contributed by atoms with van der Waals surface area (Å²) in [6, 6.07) is 7.27. The van der Waals surface area contributed by atoms with Crippen molar-refractivity contribution in [2.75, 3.05) is 25.6 Å². The van der Waals surface area contributed by atoms with Gasteiger partial charge in [-0.3, -0.25) is 4.79 Å². The summed E-state index contributed by atoms with van der Waals surface area (Å²) in [5.74, 6) is 1.56. The van der Waals surface area contributed by atoms with Gasteiger partial charge in [0.2, 0.25) is 12.7 Å². The van der Waals surface area contributed by atoms with Crippen molar-refractivity contribution in [2.24, 2.45) is 0 Å². The van der Waals surface area contributed by atoms with E-state index in [1.807, 2.05) is 23.1 Å². The zero-order valence-electron chi connectivity index (χ0n) is 13.1. The van der Waals surface area contributed by atoms with Crippen LogP contribution in [-0.2, 0) is 0 Å². The van der Waals surface area contributed by atoms with Crippen LogP contribution in [0.3, 0.4) is 0 Å². The average molecular weight is 326 g/mol. The van der Waals surface area contributed by atoms with Crippen LogP contribution in [0.1, 0.15) is 34.8 Å². The highest BCUT2D eigenvalue weighted by atomic mass is 16.7. The number of nitrogens with two attached hydrogens (primary N) is 1. The van der Waals surface area contributed by atoms with E-state index in [0.29, 0.717) is 23.6 Å². The molecule has 1 unspecified atom stereocenters. The van der Waals surface area contributed by atoms with Gasteiger partial charge in [0.25, 0.3) is 5.91 Å². The molecule has 1 amide bonds. The molecule has 0 spiro atoms. The third-order valence-electron chi connectivity index (χ3n) is 4.45. The molecule has 124 valence electrons. The number of fused-ring (bicyclic) bond motifs is 1. The SMILES string of the molecule is Nc1nccc(C2CCCN(C(=O)c3cccc4c3OCO4)C2)n1. The molecule has 0 saturated carbocycles. The van der Waals surface area contributed by atoms with Crippen molar-refractivity contribution < 1.29 is 14.3 Å². The molecule has 2 aliphatic rings. The second-order valence-corrected chi connectivity index (χ2v) is 5.97. The molecule has 1 saturated heterocycles. The van der Waals surface area contributed by atoms with Gasteiger partial charge in [-0.2, -0.15) is 0 Å². The Kier molecular flexibility index (Phi) is 3.68. The van der Waals surface area contributed by atoms with Gasteiger partial charge in [0, 0.05) is 25.2 Å². The first kappa shape index (κ1) is 14.7. The largest absolute Gasteiger partial charge is 0.454 e. The van der Waals surface area contributed by atoms with E-state index in [9.17, 15) is 4.79 Å². The minimum absolute atomic E-state index is 0.0379. The summed E-state index contributed by atoms with van der Waals surface area (Å²) in [5, 5.41) is 0. The second kappa shape index (κ2) is 5.99. The van der Waals surface area contributed by atoms with Crippen LogP contribution in [0, 0.1) is 0 Å². The first-order chi connectivity index (χ1) is 11.7. The number of likely N-dealkylation sites (tertiary alicyclic amines) is 1. The Morgan fingerprint density at radius 3 is 3.08 bits per heavy atom. The van der Waals surface area contributed by atoms with Crippen LogP contribution >= 0.6 is 0 Å². The van der Waals surface area contributed by atoms with Crippen molar-refractivity contribution >= 4 is 11.9 Å². The van der Waals surface area contributed by atoms with Gasteiger partial charge in [-0.1, -0.05) is 6.07 Å². The minimum Gasteiger partial charge on any atom is -0.454 e. The Hall–Kier alpha value is -2.83. The van der Waals surface area contributed by atoms with Crippen molar-refractivity contribution in [3.05, 3.63) is 41.7 Å². The second-order valence-electron chi connectivity index (χ2n) is 5.97. The van der Waals surface area contributed by atoms with E-state index >= 15 is 0 Å². The number of piperidine rings is 1. The zero-order valence-corrected chi connectivity index (χ0v) is 13.1. The molecule has 3 heterocycles. The number of amides is 1. The third-order valence-corrected chi connectivity index (χ3v) is 4.45. The number of para-hydroxylation sites is 1. The maximum absolute atomic E-state index is 12.9. The molecular weight excluding hydrogens is 308 g/mol. The van der Waals surface area contributed by atoms with Crippen LogP contribution in [-0.4, -0.2) is 40.7 Å². The quantitative estimate of drug-likeness (QED) is 0.905. The summed E-state index contributed by atoms with van der Waals surface area (Å²) in [7, 11) is 0. The predicted molar refractivity (Wildman–Crippen MR) is 86.9 cm³/mol. The van der Waals surface area contributed by atoms with E-state index in [1.165, 1.54) is 0 Å². The number of benzene rings is 1. The molecule has 0 aliphatic carbocycles. The number of nitrogens with zero attached hydrogens (tertiary/aromatic N) is 3. The molecule has 24 heavy (non-hydrogen) atoms. The number of rotatable bonds is 2. The summed E-state index contributed by atoms with van der Waals surface area (Å²) < 4.78 is 10.8. The molecule has 7 nitrogen and oxygen atoms in total. The van der Waals surface area contributed by atoms with Crippen LogP contribution < -0.4 is 15.2 Å². The van der Waals surface area contributed by atoms with Crippen molar-refractivity contribution in [1.29, 1.82) is 0 Å². The van der Waals surface area contributed by atoms with Gasteiger partial charge in [0.05, 0.1) is 11.3 Å². The zero-order chi connectivity index (χ0) is 16.5. The van der Waals surface area contributed by atoms with Gasteiger partial charge in [0.1, 0.15) is 0 Å². The first-order valence-corrected chi connectivity index (χ1v) is 7.98. The lowest BCUT2D eigenvalue weighted by Crippen LogP contribution is -2.39. The monoisotopic (exact) mass is 326 g/mol. The van der Waals surface area contributed by atoms with Crippen molar-refractivity contribution in [3.8, 4) is 11.5 Å². The number of anilines is 1. The van der Waals surface area contributed by atoms with Crippen molar-refractivity contribution in [1.82, 2.24) is 14.9 Å². The smallest absolute Gasteiger partial charge is 0.257 e. The van der Waals surface area contributed by atoms with Crippen LogP contribution in [0.25, 0.3) is 0 Å². The lowest BCUT2D eigenvalue weighted by atomic mass is 9.94. The van der Waals surface area contributed by atoms with E-state index in [-0.39, 0.29) is 24.6 Å². The number of hydrogen-bond donors (Lipinski definition) is 1. The van der Waals surface area contributed by atoms with E-state index in [4.69, 9.17) is 15.2 Å². The number of carbonyl (C=O) groups excluding carboxylic acids is 1. The third kappa shape index (κ3) is 2.62. The fourth-order valence-corrected chi connectivity index (χ4v) is 3.29. The normalized spacial score (nSPS) is 19.3. The first-order valence-electron chi connectivity index (χ1n) is 7.98. The predicted octanol–water partition coefficient (Wildman–Crippen LogP) is 1.81. The molecule has 1 aromatic heterocycles. The average Bonchev–Trinajstić information content (AvgIpc) is 3.10. The Morgan fingerprint density at radius 1 is 1.29 bits per heavy atom. The number of carbonyl (C=O) groups is 1. The van der Waals surface area contributed by atoms with E-state index in [1.54, 1.807) is 12.3 Å². The highest BCUT2D eigenvalue weighted by Gasteiger charge is 2.30. The number of ether oxygens (including phenoxy) is 2. The molecule has 0 bridgehead atoms. The molecular formula is C17H18N4O3. The van der Waals surface area contributed by atoms with Gasteiger partial charge in [0.15, 0.2) is 11.5 Å². The van der Waals surface area contributed by atoms with Gasteiger partial charge in [-0.05, 0) is 31.0 Å². The molecule has 1 fully saturated rings. The van der Waals surface area contributed by atoms with E-state index in [0.717, 1.165) is 25.1 Å². The Morgan fingerprint density at radius 2 is 2.21 bits per heavy atom. The molecule has 1 aromatic carbocycles. The molecule has 2 aromatic rings. The maximum Gasteiger partial charge on any atom is 0.257 e. The lowest BCUT2D eigenvalue weighted by molar-refractivity contribution is 0.0701. The van der Waals surface area contributed by atoms with Crippen LogP contribution in [0.2, 0.25) is 0 Å². The topological polar surface area (TPSA) is 90.6 Å². The van der Waals surface area contributed by atoms with E-state index in [2.05, 4.69) is 9.97 Å². The Balaban J connectivity index is 1.56.